The van der Waals surface area contributed by atoms with Gasteiger partial charge in [-0.25, -0.2) is 9.37 Å². The van der Waals surface area contributed by atoms with E-state index in [9.17, 15) is 4.39 Å². The van der Waals surface area contributed by atoms with Crippen molar-refractivity contribution in [2.75, 3.05) is 5.73 Å². The number of nitrogen functional groups attached to an aromatic ring is 1. The molecule has 2 aromatic heterocycles. The maximum Gasteiger partial charge on any atom is 0.201 e. The summed E-state index contributed by atoms with van der Waals surface area (Å²) in [7, 11) is 1.84. The monoisotopic (exact) mass is 279 g/mol. The predicted molar refractivity (Wildman–Crippen MR) is 71.4 cm³/mol. The van der Waals surface area contributed by atoms with Gasteiger partial charge in [0.25, 0.3) is 0 Å². The van der Waals surface area contributed by atoms with Crippen molar-refractivity contribution in [3.63, 3.8) is 0 Å². The summed E-state index contributed by atoms with van der Waals surface area (Å²) in [6, 6.07) is 4.69. The molecule has 98 valence electrons. The van der Waals surface area contributed by atoms with Gasteiger partial charge in [0, 0.05) is 19.3 Å². The Morgan fingerprint density at radius 2 is 2.21 bits per heavy atom. The van der Waals surface area contributed by atoms with Crippen LogP contribution >= 0.6 is 11.6 Å². The van der Waals surface area contributed by atoms with E-state index in [4.69, 9.17) is 17.3 Å². The van der Waals surface area contributed by atoms with Crippen molar-refractivity contribution in [2.24, 2.45) is 7.05 Å². The smallest absolute Gasteiger partial charge is 0.201 e. The molecule has 0 bridgehead atoms. The first-order chi connectivity index (χ1) is 9.04. The van der Waals surface area contributed by atoms with Gasteiger partial charge >= 0.3 is 0 Å². The van der Waals surface area contributed by atoms with E-state index in [-0.39, 0.29) is 5.02 Å². The fraction of sp³-hybridized carbons (Fsp3) is 0.167. The zero-order valence-corrected chi connectivity index (χ0v) is 10.9. The molecule has 0 radical (unpaired) electrons. The fourth-order valence-electron chi connectivity index (χ4n) is 2.01. The third-order valence-corrected chi connectivity index (χ3v) is 3.20. The molecule has 5 nitrogen and oxygen atoms in total. The van der Waals surface area contributed by atoms with Crippen LogP contribution in [0.5, 0.6) is 0 Å². The lowest BCUT2D eigenvalue weighted by atomic mass is 10.3. The summed E-state index contributed by atoms with van der Waals surface area (Å²) in [5.41, 5.74) is 7.87. The summed E-state index contributed by atoms with van der Waals surface area (Å²) >= 11 is 5.80. The van der Waals surface area contributed by atoms with Crippen LogP contribution in [0.1, 0.15) is 5.69 Å². The number of nitrogens with zero attached hydrogens (tertiary/aromatic N) is 4. The van der Waals surface area contributed by atoms with Gasteiger partial charge in [0.2, 0.25) is 5.95 Å². The van der Waals surface area contributed by atoms with Crippen molar-refractivity contribution in [1.82, 2.24) is 19.3 Å². The zero-order chi connectivity index (χ0) is 13.6. The molecule has 0 amide bonds. The summed E-state index contributed by atoms with van der Waals surface area (Å²) in [6.45, 7) is 0.463. The highest BCUT2D eigenvalue weighted by Crippen LogP contribution is 2.25. The lowest BCUT2D eigenvalue weighted by Gasteiger charge is -2.04. The van der Waals surface area contributed by atoms with Crippen LogP contribution in [-0.4, -0.2) is 19.3 Å². The quantitative estimate of drug-likeness (QED) is 0.782. The number of hydrogen-bond acceptors (Lipinski definition) is 3. The lowest BCUT2D eigenvalue weighted by molar-refractivity contribution is 0.629. The minimum atomic E-state index is -0.503. The Kier molecular flexibility index (Phi) is 2.67. The molecule has 3 aromatic rings. The molecular formula is C12H11ClFN5. The van der Waals surface area contributed by atoms with Crippen LogP contribution in [0.15, 0.2) is 24.4 Å². The second-order valence-corrected chi connectivity index (χ2v) is 4.70. The van der Waals surface area contributed by atoms with Crippen LogP contribution in [0.25, 0.3) is 11.0 Å². The van der Waals surface area contributed by atoms with Gasteiger partial charge in [0.1, 0.15) is 5.82 Å². The van der Waals surface area contributed by atoms with Gasteiger partial charge in [-0.1, -0.05) is 11.6 Å². The van der Waals surface area contributed by atoms with Crippen molar-refractivity contribution in [2.45, 2.75) is 6.54 Å². The van der Waals surface area contributed by atoms with E-state index in [1.165, 1.54) is 12.1 Å². The second-order valence-electron chi connectivity index (χ2n) is 4.29. The molecule has 2 N–H and O–H groups in total. The number of hydrogen-bond donors (Lipinski definition) is 1. The Morgan fingerprint density at radius 1 is 1.42 bits per heavy atom. The van der Waals surface area contributed by atoms with Crippen molar-refractivity contribution in [3.05, 3.63) is 40.9 Å². The summed E-state index contributed by atoms with van der Waals surface area (Å²) in [5.74, 6) is -0.195. The minimum Gasteiger partial charge on any atom is -0.369 e. The first kappa shape index (κ1) is 12.0. The van der Waals surface area contributed by atoms with E-state index in [1.54, 1.807) is 9.25 Å². The molecular weight excluding hydrogens is 269 g/mol. The molecule has 19 heavy (non-hydrogen) atoms. The van der Waals surface area contributed by atoms with Crippen LogP contribution in [0, 0.1) is 5.82 Å². The Labute approximate surface area is 113 Å². The van der Waals surface area contributed by atoms with Crippen LogP contribution in [0.2, 0.25) is 5.02 Å². The molecule has 0 unspecified atom stereocenters. The number of aryl methyl sites for hydroxylation is 1. The first-order valence-electron chi connectivity index (χ1n) is 5.64. The van der Waals surface area contributed by atoms with Gasteiger partial charge in [-0.05, 0) is 12.1 Å². The van der Waals surface area contributed by atoms with E-state index in [2.05, 4.69) is 10.1 Å². The molecule has 0 atom stereocenters. The number of fused-ring (bicyclic) bond motifs is 1. The van der Waals surface area contributed by atoms with Crippen LogP contribution in [0.4, 0.5) is 10.3 Å². The molecule has 2 heterocycles. The summed E-state index contributed by atoms with van der Waals surface area (Å²) in [5, 5.41) is 4.33. The van der Waals surface area contributed by atoms with Gasteiger partial charge < -0.3 is 10.3 Å². The van der Waals surface area contributed by atoms with E-state index >= 15 is 0 Å². The average Bonchev–Trinajstić information content (AvgIpc) is 2.87. The summed E-state index contributed by atoms with van der Waals surface area (Å²) in [4.78, 5) is 4.13. The molecule has 7 heteroatoms. The number of anilines is 1. The van der Waals surface area contributed by atoms with E-state index in [0.29, 0.717) is 23.5 Å². The Bertz CT molecular complexity index is 761. The molecule has 0 saturated heterocycles. The maximum absolute atomic E-state index is 13.4. The Balaban J connectivity index is 2.12. The second kappa shape index (κ2) is 4.24. The number of imidazole rings is 1. The van der Waals surface area contributed by atoms with Gasteiger partial charge in [0.15, 0.2) is 0 Å². The molecule has 0 fully saturated rings. The van der Waals surface area contributed by atoms with Crippen molar-refractivity contribution in [3.8, 4) is 0 Å². The van der Waals surface area contributed by atoms with Crippen LogP contribution < -0.4 is 5.73 Å². The number of nitrogens with two attached hydrogens (primary N) is 1. The third-order valence-electron chi connectivity index (χ3n) is 2.91. The minimum absolute atomic E-state index is 0.0506. The van der Waals surface area contributed by atoms with E-state index in [1.807, 2.05) is 19.3 Å². The molecule has 0 aliphatic carbocycles. The third kappa shape index (κ3) is 2.04. The van der Waals surface area contributed by atoms with E-state index in [0.717, 1.165) is 5.69 Å². The fourth-order valence-corrected chi connectivity index (χ4v) is 2.17. The molecule has 1 aromatic carbocycles. The number of rotatable bonds is 2. The lowest BCUT2D eigenvalue weighted by Crippen LogP contribution is -2.05. The average molecular weight is 280 g/mol. The standard InChI is InChI=1S/C12H11ClFN5/c1-18-3-2-7(17-18)6-19-11-4-8(13)9(14)5-10(11)16-12(19)15/h2-5H,6H2,1H3,(H2,15,16). The molecule has 0 spiro atoms. The topological polar surface area (TPSA) is 61.7 Å². The van der Waals surface area contributed by atoms with Gasteiger partial charge in [-0.2, -0.15) is 5.10 Å². The number of aromatic nitrogens is 4. The van der Waals surface area contributed by atoms with Gasteiger partial charge in [-0.15, -0.1) is 0 Å². The van der Waals surface area contributed by atoms with Crippen LogP contribution in [0.3, 0.4) is 0 Å². The normalized spacial score (nSPS) is 11.3. The Morgan fingerprint density at radius 3 is 2.89 bits per heavy atom. The van der Waals surface area contributed by atoms with Crippen molar-refractivity contribution in [1.29, 1.82) is 0 Å². The highest BCUT2D eigenvalue weighted by atomic mass is 35.5. The first-order valence-corrected chi connectivity index (χ1v) is 6.01. The van der Waals surface area contributed by atoms with Crippen molar-refractivity contribution < 1.29 is 4.39 Å². The molecule has 0 aliphatic heterocycles. The SMILES string of the molecule is Cn1ccc(Cn2c(N)nc3cc(F)c(Cl)cc32)n1. The molecule has 0 aliphatic rings. The zero-order valence-electron chi connectivity index (χ0n) is 10.1. The molecule has 0 saturated carbocycles. The predicted octanol–water partition coefficient (Wildman–Crippen LogP) is 2.19. The molecule has 3 rings (SSSR count). The van der Waals surface area contributed by atoms with Crippen LogP contribution in [-0.2, 0) is 13.6 Å². The van der Waals surface area contributed by atoms with Gasteiger partial charge in [0.05, 0.1) is 28.3 Å². The van der Waals surface area contributed by atoms with E-state index < -0.39 is 5.82 Å². The number of benzene rings is 1. The summed E-state index contributed by atoms with van der Waals surface area (Å²) in [6.07, 6.45) is 1.84. The Hall–Kier alpha value is -2.08. The van der Waals surface area contributed by atoms with Crippen molar-refractivity contribution >= 4 is 28.6 Å². The van der Waals surface area contributed by atoms with Gasteiger partial charge in [-0.3, -0.25) is 4.68 Å². The maximum atomic E-state index is 13.4. The largest absolute Gasteiger partial charge is 0.369 e. The summed E-state index contributed by atoms with van der Waals surface area (Å²) < 4.78 is 16.8. The highest BCUT2D eigenvalue weighted by Gasteiger charge is 2.12. The number of halogens is 2. The highest BCUT2D eigenvalue weighted by molar-refractivity contribution is 6.31.